The van der Waals surface area contributed by atoms with Crippen LogP contribution in [0.15, 0.2) is 333 Å². The molecule has 0 saturated carbocycles. The van der Waals surface area contributed by atoms with E-state index in [4.69, 9.17) is 0 Å². The van der Waals surface area contributed by atoms with Crippen molar-refractivity contribution < 1.29 is 0 Å². The van der Waals surface area contributed by atoms with Gasteiger partial charge in [0.2, 0.25) is 0 Å². The van der Waals surface area contributed by atoms with E-state index in [9.17, 15) is 0 Å². The number of hydrogen-bond acceptors (Lipinski definition) is 0. The van der Waals surface area contributed by atoms with E-state index >= 15 is 0 Å². The lowest BCUT2D eigenvalue weighted by atomic mass is 9.70. The van der Waals surface area contributed by atoms with Crippen molar-refractivity contribution in [3.8, 4) is 134 Å². The second-order valence-electron chi connectivity index (χ2n) is 35.0. The van der Waals surface area contributed by atoms with Gasteiger partial charge in [-0.15, -0.1) is 0 Å². The molecule has 0 aromatic heterocycles. The highest BCUT2D eigenvalue weighted by atomic mass is 79.9. The first-order valence-corrected chi connectivity index (χ1v) is 43.1. The minimum atomic E-state index is -0.522. The van der Waals surface area contributed by atoms with Gasteiger partial charge in [0.05, 0.1) is 10.8 Å². The Bertz CT molecular complexity index is 6630. The zero-order valence-electron chi connectivity index (χ0n) is 64.5. The van der Waals surface area contributed by atoms with Crippen molar-refractivity contribution in [1.82, 2.24) is 0 Å². The molecule has 4 heteroatoms. The molecule has 114 heavy (non-hydrogen) atoms. The smallest absolute Gasteiger partial charge is 0.0619 e. The van der Waals surface area contributed by atoms with Gasteiger partial charge in [-0.2, -0.15) is 0 Å². The number of hydrogen-bond donors (Lipinski definition) is 0. The van der Waals surface area contributed by atoms with Crippen molar-refractivity contribution in [1.29, 1.82) is 0 Å². The Hall–Kier alpha value is -10.6. The van der Waals surface area contributed by atoms with Crippen LogP contribution in [0.3, 0.4) is 0 Å². The molecule has 0 amide bonds. The third kappa shape index (κ3) is 9.20. The van der Waals surface area contributed by atoms with Crippen LogP contribution in [0.1, 0.15) is 144 Å². The van der Waals surface area contributed by atoms with Crippen LogP contribution in [-0.4, -0.2) is 0 Å². The Morgan fingerprint density at radius 3 is 0.544 bits per heavy atom. The molecule has 16 aromatic carbocycles. The molecule has 2 spiro atoms. The van der Waals surface area contributed by atoms with Crippen LogP contribution in [0.25, 0.3) is 134 Å². The van der Waals surface area contributed by atoms with Crippen LogP contribution in [-0.2, 0) is 32.5 Å². The molecule has 0 fully saturated rings. The van der Waals surface area contributed by atoms with Gasteiger partial charge < -0.3 is 0 Å². The third-order valence-corrected chi connectivity index (χ3v) is 30.0. The number of fused-ring (bicyclic) bond motifs is 32. The van der Waals surface area contributed by atoms with Gasteiger partial charge >= 0.3 is 0 Å². The number of rotatable bonds is 4. The summed E-state index contributed by atoms with van der Waals surface area (Å²) >= 11 is 15.4. The Labute approximate surface area is 701 Å². The predicted octanol–water partition coefficient (Wildman–Crippen LogP) is 31.0. The second-order valence-corrected chi connectivity index (χ2v) is 38.7. The molecule has 0 heterocycles. The van der Waals surface area contributed by atoms with Gasteiger partial charge in [-0.05, 0) is 320 Å². The van der Waals surface area contributed by atoms with Crippen LogP contribution in [0.4, 0.5) is 0 Å². The van der Waals surface area contributed by atoms with Crippen LogP contribution in [0, 0.1) is 0 Å². The first kappa shape index (κ1) is 69.0. The SMILES string of the molecule is CC1(C)c2cc(Br)ccc2-c2ccc(-c3ccc4c(c3)C3(c5cc(Br)ccc5-4)c4cc(Br)ccc4-c4ccc(-c5ccc6c(c5)C(C)(C)c5cc(Br)ccc5-6)cc43)cc21.CC1(C)c2ccccc2-c2ccc(-c3ccc4c(c3)C3(c5ccccc5-4)c4ccccc4-c4ccc(-c5ccc6c(c5)C(C)(C)c5ccccc5-6)cc43)cc21. The van der Waals surface area contributed by atoms with Crippen molar-refractivity contribution in [2.24, 2.45) is 0 Å². The van der Waals surface area contributed by atoms with Crippen molar-refractivity contribution in [2.45, 2.75) is 87.9 Å². The van der Waals surface area contributed by atoms with Gasteiger partial charge in [0.25, 0.3) is 0 Å². The van der Waals surface area contributed by atoms with Gasteiger partial charge in [0.1, 0.15) is 0 Å². The summed E-state index contributed by atoms with van der Waals surface area (Å²) in [6, 6.07) is 121. The van der Waals surface area contributed by atoms with Gasteiger partial charge in [-0.3, -0.25) is 0 Å². The van der Waals surface area contributed by atoms with Crippen molar-refractivity contribution >= 4 is 63.7 Å². The summed E-state index contributed by atoms with van der Waals surface area (Å²) in [4.78, 5) is 0. The molecular weight excluding hydrogens is 1640 g/mol. The van der Waals surface area contributed by atoms with E-state index in [0.29, 0.717) is 0 Å². The van der Waals surface area contributed by atoms with Gasteiger partial charge in [0, 0.05) is 39.6 Å². The molecule has 0 atom stereocenters. The monoisotopic (exact) mass is 1710 g/mol. The molecule has 0 saturated heterocycles. The highest BCUT2D eigenvalue weighted by molar-refractivity contribution is 9.11. The molecular formula is C110H76Br4. The molecule has 0 aliphatic heterocycles. The quantitative estimate of drug-likeness (QED) is 0.165. The molecule has 0 unspecified atom stereocenters. The largest absolute Gasteiger partial charge is 0.0726 e. The first-order chi connectivity index (χ1) is 55.1. The van der Waals surface area contributed by atoms with Gasteiger partial charge in [0.15, 0.2) is 0 Å². The lowest BCUT2D eigenvalue weighted by Crippen LogP contribution is -2.26. The van der Waals surface area contributed by atoms with Crippen LogP contribution in [0.5, 0.6) is 0 Å². The highest BCUT2D eigenvalue weighted by Crippen LogP contribution is 2.67. The molecule has 24 rings (SSSR count). The van der Waals surface area contributed by atoms with E-state index in [-0.39, 0.29) is 21.7 Å². The minimum absolute atomic E-state index is 0.0502. The molecule has 544 valence electrons. The van der Waals surface area contributed by atoms with Crippen molar-refractivity contribution in [3.63, 3.8) is 0 Å². The average Bonchev–Trinajstić information content (AvgIpc) is 1.50. The van der Waals surface area contributed by atoms with E-state index in [2.05, 4.69) is 435 Å². The zero-order valence-corrected chi connectivity index (χ0v) is 70.9. The summed E-state index contributed by atoms with van der Waals surface area (Å²) in [5.74, 6) is 0. The lowest BCUT2D eigenvalue weighted by molar-refractivity contribution is 0.660. The Morgan fingerprint density at radius 1 is 0.140 bits per heavy atom. The highest BCUT2D eigenvalue weighted by Gasteiger charge is 2.55. The topological polar surface area (TPSA) is 0 Å². The summed E-state index contributed by atoms with van der Waals surface area (Å²) in [5, 5.41) is 0. The van der Waals surface area contributed by atoms with E-state index in [1.165, 1.54) is 223 Å². The van der Waals surface area contributed by atoms with E-state index in [0.717, 1.165) is 17.9 Å². The van der Waals surface area contributed by atoms with E-state index in [1.807, 2.05) is 0 Å². The Morgan fingerprint density at radius 2 is 0.289 bits per heavy atom. The van der Waals surface area contributed by atoms with Gasteiger partial charge in [-0.1, -0.05) is 337 Å². The maximum Gasteiger partial charge on any atom is 0.0726 e. The zero-order chi connectivity index (χ0) is 77.2. The standard InChI is InChI=1S/C55H36Br4.C55H40/c1-53(2)45-21-29(5-13-37(45)39-17-9-33(56)25-47(39)53)31-7-15-41-43-19-11-35(58)27-51(43)55(49(41)23-31)50-24-32(8-16-42(50)44-20-12-36(59)28-52(44)55)30-6-14-38-40-18-10-34(57)26-48(40)54(3,4)46(38)22-30;1-53(2)45-17-9-5-13-37(45)41-25-21-33(29-49(41)53)35-23-27-43-39-15-7-11-19-47(39)55(51(43)31-35)48-20-12-8-16-40(48)44-28-24-36(32-52(44)55)34-22-26-42-38-14-6-10-18-46(38)54(3,4)50(42)30-34/h5-28H,1-4H3;5-32H,1-4H3. The molecule has 0 bridgehead atoms. The summed E-state index contributed by atoms with van der Waals surface area (Å²) in [6.45, 7) is 19.0. The molecule has 8 aliphatic carbocycles. The fourth-order valence-electron chi connectivity index (χ4n) is 22.6. The molecule has 0 nitrogen and oxygen atoms in total. The summed E-state index contributed by atoms with van der Waals surface area (Å²) in [7, 11) is 0. The minimum Gasteiger partial charge on any atom is -0.0619 e. The fourth-order valence-corrected chi connectivity index (χ4v) is 24.0. The maximum absolute atomic E-state index is 3.93. The second kappa shape index (κ2) is 24.0. The number of halogens is 4. The van der Waals surface area contributed by atoms with E-state index in [1.54, 1.807) is 0 Å². The van der Waals surface area contributed by atoms with Crippen LogP contribution < -0.4 is 0 Å². The van der Waals surface area contributed by atoms with Crippen molar-refractivity contribution in [3.05, 3.63) is 422 Å². The first-order valence-electron chi connectivity index (χ1n) is 39.9. The number of benzene rings is 16. The Balaban J connectivity index is 0.000000136. The van der Waals surface area contributed by atoms with Gasteiger partial charge in [-0.25, -0.2) is 0 Å². The summed E-state index contributed by atoms with van der Waals surface area (Å²) < 4.78 is 4.42. The predicted molar refractivity (Wildman–Crippen MR) is 488 cm³/mol. The summed E-state index contributed by atoms with van der Waals surface area (Å²) in [6.07, 6.45) is 0. The van der Waals surface area contributed by atoms with Crippen LogP contribution in [0.2, 0.25) is 0 Å². The molecule has 8 aliphatic rings. The summed E-state index contributed by atoms with van der Waals surface area (Å²) in [5.41, 5.74) is 52.0. The van der Waals surface area contributed by atoms with Crippen molar-refractivity contribution in [2.75, 3.05) is 0 Å². The normalized spacial score (nSPS) is 16.0. The third-order valence-electron chi connectivity index (χ3n) is 28.1. The van der Waals surface area contributed by atoms with Crippen LogP contribution >= 0.6 is 63.7 Å². The lowest BCUT2D eigenvalue weighted by Gasteiger charge is -2.31. The maximum atomic E-state index is 3.93. The average molecular weight is 1720 g/mol. The molecule has 0 radical (unpaired) electrons. The molecule has 0 N–H and O–H groups in total. The molecule has 16 aromatic rings. The van der Waals surface area contributed by atoms with E-state index < -0.39 is 10.8 Å². The fraction of sp³-hybridized carbons (Fsp3) is 0.127. The Kier molecular flexibility index (Phi) is 14.5.